The zero-order chi connectivity index (χ0) is 15.0. The molecule has 1 amide bonds. The number of halogens is 2. The number of benzene rings is 2. The second kappa shape index (κ2) is 5.60. The zero-order valence-corrected chi connectivity index (χ0v) is 13.2. The van der Waals surface area contributed by atoms with Crippen molar-refractivity contribution in [1.82, 2.24) is 4.90 Å². The lowest BCUT2D eigenvalue weighted by atomic mass is 10.1. The third-order valence-corrected chi connectivity index (χ3v) is 4.73. The van der Waals surface area contributed by atoms with Gasteiger partial charge in [0.15, 0.2) is 0 Å². The fourth-order valence-corrected chi connectivity index (χ4v) is 3.47. The van der Waals surface area contributed by atoms with Crippen molar-refractivity contribution in [1.29, 1.82) is 0 Å². The van der Waals surface area contributed by atoms with Crippen LogP contribution in [0.5, 0.6) is 0 Å². The standard InChI is InChI=1S/C17H15BrFNO/c1-20(15-10-9-11-5-2-3-6-12(11)15)17(21)16-13(18)7-4-8-14(16)19/h2-8,15H,9-10H2,1H3. The number of aryl methyl sites for hydroxylation is 1. The maximum Gasteiger partial charge on any atom is 0.258 e. The highest BCUT2D eigenvalue weighted by Crippen LogP contribution is 2.36. The molecular formula is C17H15BrFNO. The molecule has 2 aromatic rings. The summed E-state index contributed by atoms with van der Waals surface area (Å²) in [5, 5.41) is 0. The molecule has 4 heteroatoms. The molecule has 21 heavy (non-hydrogen) atoms. The average Bonchev–Trinajstić information content (AvgIpc) is 2.90. The van der Waals surface area contributed by atoms with Crippen LogP contribution in [-0.4, -0.2) is 17.9 Å². The van der Waals surface area contributed by atoms with Crippen molar-refractivity contribution >= 4 is 21.8 Å². The molecule has 0 aromatic heterocycles. The average molecular weight is 348 g/mol. The maximum absolute atomic E-state index is 14.0. The van der Waals surface area contributed by atoms with E-state index in [1.807, 2.05) is 18.2 Å². The highest BCUT2D eigenvalue weighted by Gasteiger charge is 2.30. The van der Waals surface area contributed by atoms with Gasteiger partial charge in [0.1, 0.15) is 5.82 Å². The molecule has 0 spiro atoms. The molecule has 0 N–H and O–H groups in total. The van der Waals surface area contributed by atoms with Crippen LogP contribution in [0.4, 0.5) is 4.39 Å². The molecule has 0 heterocycles. The Hall–Kier alpha value is -1.68. The minimum atomic E-state index is -0.493. The maximum atomic E-state index is 14.0. The Morgan fingerprint density at radius 1 is 1.24 bits per heavy atom. The van der Waals surface area contributed by atoms with Crippen LogP contribution in [0.15, 0.2) is 46.9 Å². The Balaban J connectivity index is 1.93. The summed E-state index contributed by atoms with van der Waals surface area (Å²) in [6.07, 6.45) is 1.84. The number of fused-ring (bicyclic) bond motifs is 1. The van der Waals surface area contributed by atoms with Gasteiger partial charge in [0.25, 0.3) is 5.91 Å². The Labute approximate surface area is 131 Å². The first-order chi connectivity index (χ1) is 10.1. The molecule has 1 aliphatic rings. The molecule has 0 bridgehead atoms. The molecule has 3 rings (SSSR count). The second-order valence-corrected chi connectivity index (χ2v) is 6.12. The van der Waals surface area contributed by atoms with Crippen molar-refractivity contribution in [3.05, 3.63) is 69.4 Å². The van der Waals surface area contributed by atoms with Crippen LogP contribution in [0.3, 0.4) is 0 Å². The van der Waals surface area contributed by atoms with Gasteiger partial charge in [-0.1, -0.05) is 30.3 Å². The van der Waals surface area contributed by atoms with Crippen LogP contribution in [-0.2, 0) is 6.42 Å². The fraction of sp³-hybridized carbons (Fsp3) is 0.235. The van der Waals surface area contributed by atoms with E-state index < -0.39 is 5.82 Å². The van der Waals surface area contributed by atoms with E-state index in [2.05, 4.69) is 22.0 Å². The van der Waals surface area contributed by atoms with Crippen LogP contribution < -0.4 is 0 Å². The highest BCUT2D eigenvalue weighted by atomic mass is 79.9. The molecule has 1 unspecified atom stereocenters. The number of amides is 1. The smallest absolute Gasteiger partial charge is 0.258 e. The van der Waals surface area contributed by atoms with Gasteiger partial charge in [-0.2, -0.15) is 0 Å². The first-order valence-electron chi connectivity index (χ1n) is 6.88. The Morgan fingerprint density at radius 2 is 2.00 bits per heavy atom. The molecule has 0 fully saturated rings. The summed E-state index contributed by atoms with van der Waals surface area (Å²) < 4.78 is 14.5. The van der Waals surface area contributed by atoms with Gasteiger partial charge in [-0.15, -0.1) is 0 Å². The topological polar surface area (TPSA) is 20.3 Å². The van der Waals surface area contributed by atoms with Crippen molar-refractivity contribution in [2.45, 2.75) is 18.9 Å². The summed E-state index contributed by atoms with van der Waals surface area (Å²) >= 11 is 3.27. The van der Waals surface area contributed by atoms with Crippen molar-refractivity contribution in [2.24, 2.45) is 0 Å². The van der Waals surface area contributed by atoms with E-state index in [1.165, 1.54) is 17.2 Å². The van der Waals surface area contributed by atoms with Gasteiger partial charge in [-0.05, 0) is 52.0 Å². The summed E-state index contributed by atoms with van der Waals surface area (Å²) in [6, 6.07) is 12.7. The Bertz CT molecular complexity index is 681. The van der Waals surface area contributed by atoms with Crippen LogP contribution in [0.25, 0.3) is 0 Å². The summed E-state index contributed by atoms with van der Waals surface area (Å²) in [6.45, 7) is 0. The van der Waals surface area contributed by atoms with E-state index in [9.17, 15) is 9.18 Å². The third-order valence-electron chi connectivity index (χ3n) is 4.07. The molecule has 1 aliphatic carbocycles. The molecule has 1 atom stereocenters. The molecule has 0 saturated heterocycles. The lowest BCUT2D eigenvalue weighted by molar-refractivity contribution is 0.0725. The largest absolute Gasteiger partial charge is 0.335 e. The van der Waals surface area contributed by atoms with Crippen LogP contribution in [0.1, 0.15) is 33.9 Å². The van der Waals surface area contributed by atoms with E-state index >= 15 is 0 Å². The minimum Gasteiger partial charge on any atom is -0.335 e. The number of nitrogens with zero attached hydrogens (tertiary/aromatic N) is 1. The molecule has 0 saturated carbocycles. The van der Waals surface area contributed by atoms with Gasteiger partial charge in [-0.25, -0.2) is 4.39 Å². The summed E-state index contributed by atoms with van der Waals surface area (Å²) in [7, 11) is 1.74. The van der Waals surface area contributed by atoms with E-state index in [1.54, 1.807) is 24.1 Å². The van der Waals surface area contributed by atoms with Crippen molar-refractivity contribution in [2.75, 3.05) is 7.05 Å². The van der Waals surface area contributed by atoms with E-state index in [-0.39, 0.29) is 17.5 Å². The molecule has 2 aromatic carbocycles. The number of carbonyl (C=O) groups is 1. The monoisotopic (exact) mass is 347 g/mol. The number of rotatable bonds is 2. The lowest BCUT2D eigenvalue weighted by Gasteiger charge is -2.26. The first-order valence-corrected chi connectivity index (χ1v) is 7.68. The molecule has 108 valence electrons. The Kier molecular flexibility index (Phi) is 3.81. The number of hydrogen-bond acceptors (Lipinski definition) is 1. The van der Waals surface area contributed by atoms with Gasteiger partial charge in [-0.3, -0.25) is 4.79 Å². The van der Waals surface area contributed by atoms with Crippen molar-refractivity contribution < 1.29 is 9.18 Å². The van der Waals surface area contributed by atoms with E-state index in [0.29, 0.717) is 4.47 Å². The third kappa shape index (κ3) is 2.48. The van der Waals surface area contributed by atoms with E-state index in [0.717, 1.165) is 12.8 Å². The lowest BCUT2D eigenvalue weighted by Crippen LogP contribution is -2.31. The fourth-order valence-electron chi connectivity index (χ4n) is 2.96. The zero-order valence-electron chi connectivity index (χ0n) is 11.6. The second-order valence-electron chi connectivity index (χ2n) is 5.27. The predicted molar refractivity (Wildman–Crippen MR) is 83.7 cm³/mol. The summed E-state index contributed by atoms with van der Waals surface area (Å²) in [5.74, 6) is -0.783. The van der Waals surface area contributed by atoms with Crippen molar-refractivity contribution in [3.8, 4) is 0 Å². The first kappa shape index (κ1) is 14.3. The van der Waals surface area contributed by atoms with Gasteiger partial charge in [0, 0.05) is 11.5 Å². The molecule has 0 radical (unpaired) electrons. The molecule has 0 aliphatic heterocycles. The van der Waals surface area contributed by atoms with Crippen LogP contribution >= 0.6 is 15.9 Å². The molecular weight excluding hydrogens is 333 g/mol. The van der Waals surface area contributed by atoms with Gasteiger partial charge in [0.05, 0.1) is 11.6 Å². The van der Waals surface area contributed by atoms with Crippen LogP contribution in [0.2, 0.25) is 0 Å². The predicted octanol–water partition coefficient (Wildman–Crippen LogP) is 4.35. The normalized spacial score (nSPS) is 16.6. The summed E-state index contributed by atoms with van der Waals surface area (Å²) in [4.78, 5) is 14.3. The SMILES string of the molecule is CN(C(=O)c1c(F)cccc1Br)C1CCc2ccccc21. The minimum absolute atomic E-state index is 0.0141. The Morgan fingerprint density at radius 3 is 2.76 bits per heavy atom. The summed E-state index contributed by atoms with van der Waals surface area (Å²) in [5.41, 5.74) is 2.54. The van der Waals surface area contributed by atoms with Gasteiger partial charge >= 0.3 is 0 Å². The quantitative estimate of drug-likeness (QED) is 0.790. The highest BCUT2D eigenvalue weighted by molar-refractivity contribution is 9.10. The van der Waals surface area contributed by atoms with E-state index in [4.69, 9.17) is 0 Å². The van der Waals surface area contributed by atoms with Gasteiger partial charge < -0.3 is 4.90 Å². The van der Waals surface area contributed by atoms with Gasteiger partial charge in [0.2, 0.25) is 0 Å². The molecule has 2 nitrogen and oxygen atoms in total. The van der Waals surface area contributed by atoms with Crippen LogP contribution in [0, 0.1) is 5.82 Å². The van der Waals surface area contributed by atoms with Crippen molar-refractivity contribution in [3.63, 3.8) is 0 Å². The number of carbonyl (C=O) groups excluding carboxylic acids is 1. The number of hydrogen-bond donors (Lipinski definition) is 0.